The van der Waals surface area contributed by atoms with Gasteiger partial charge in [0.1, 0.15) is 5.76 Å². The summed E-state index contributed by atoms with van der Waals surface area (Å²) in [5.74, 6) is 1.24. The summed E-state index contributed by atoms with van der Waals surface area (Å²) in [6.07, 6.45) is 1.99. The zero-order valence-electron chi connectivity index (χ0n) is 18.9. The van der Waals surface area contributed by atoms with E-state index < -0.39 is 9.84 Å². The lowest BCUT2D eigenvalue weighted by atomic mass is 10.1. The van der Waals surface area contributed by atoms with Crippen molar-refractivity contribution in [2.45, 2.75) is 44.1 Å². The number of benzene rings is 1. The van der Waals surface area contributed by atoms with Crippen LogP contribution in [-0.4, -0.2) is 66.3 Å². The molecule has 33 heavy (non-hydrogen) atoms. The number of fused-ring (bicyclic) bond motifs is 1. The highest BCUT2D eigenvalue weighted by Crippen LogP contribution is 2.34. The minimum absolute atomic E-state index is 0.0119. The van der Waals surface area contributed by atoms with Crippen LogP contribution in [-0.2, 0) is 27.6 Å². The molecule has 2 atom stereocenters. The second kappa shape index (κ2) is 10.3. The standard InChI is InChI=1S/C23H30N4O4S2/c1-16(2)27(13-19-4-3-11-31-19)10-9-24-22(28)12-17-5-7-18(8-6-17)25-23-26-20-14-33(29,30)15-21(20)32-23/h3-8,11,16,20-21H,9-10,12-15H2,1-2H3,(H,24,28)(H,25,26)/t20-,21+/m1/s1. The minimum atomic E-state index is -2.95. The Morgan fingerprint density at radius 3 is 2.70 bits per heavy atom. The summed E-state index contributed by atoms with van der Waals surface area (Å²) >= 11 is 1.49. The molecule has 178 valence electrons. The third-order valence-electron chi connectivity index (χ3n) is 5.78. The molecule has 10 heteroatoms. The molecule has 1 fully saturated rings. The maximum absolute atomic E-state index is 12.4. The molecule has 2 aromatic rings. The summed E-state index contributed by atoms with van der Waals surface area (Å²) in [4.78, 5) is 19.1. The fraction of sp³-hybridized carbons (Fsp3) is 0.478. The van der Waals surface area contributed by atoms with E-state index in [0.717, 1.165) is 35.3 Å². The molecule has 1 aromatic carbocycles. The average Bonchev–Trinajstić information content (AvgIpc) is 3.44. The number of nitrogens with one attached hydrogen (secondary N) is 2. The van der Waals surface area contributed by atoms with Crippen LogP contribution in [0.4, 0.5) is 5.69 Å². The van der Waals surface area contributed by atoms with Crippen LogP contribution in [0.1, 0.15) is 25.2 Å². The number of carbonyl (C=O) groups is 1. The van der Waals surface area contributed by atoms with Crippen molar-refractivity contribution in [1.82, 2.24) is 10.2 Å². The lowest BCUT2D eigenvalue weighted by Gasteiger charge is -2.25. The number of hydrogen-bond acceptors (Lipinski definition) is 8. The van der Waals surface area contributed by atoms with E-state index in [-0.39, 0.29) is 28.7 Å². The number of rotatable bonds is 9. The van der Waals surface area contributed by atoms with Crippen molar-refractivity contribution in [1.29, 1.82) is 0 Å². The molecular weight excluding hydrogens is 460 g/mol. The van der Waals surface area contributed by atoms with Crippen LogP contribution in [0, 0.1) is 0 Å². The molecule has 0 aliphatic carbocycles. The van der Waals surface area contributed by atoms with Crippen molar-refractivity contribution in [3.8, 4) is 0 Å². The van der Waals surface area contributed by atoms with Crippen molar-refractivity contribution in [3.63, 3.8) is 0 Å². The Hall–Kier alpha value is -2.30. The van der Waals surface area contributed by atoms with Crippen molar-refractivity contribution in [2.75, 3.05) is 29.9 Å². The number of sulfone groups is 1. The Morgan fingerprint density at radius 2 is 2.03 bits per heavy atom. The summed E-state index contributed by atoms with van der Waals surface area (Å²) in [6, 6.07) is 11.7. The van der Waals surface area contributed by atoms with Gasteiger partial charge in [0, 0.05) is 30.1 Å². The highest BCUT2D eigenvalue weighted by atomic mass is 32.2. The Morgan fingerprint density at radius 1 is 1.24 bits per heavy atom. The molecule has 2 aliphatic heterocycles. The molecule has 0 spiro atoms. The fourth-order valence-electron chi connectivity index (χ4n) is 3.95. The van der Waals surface area contributed by atoms with Crippen LogP contribution in [0.5, 0.6) is 0 Å². The lowest BCUT2D eigenvalue weighted by molar-refractivity contribution is -0.120. The van der Waals surface area contributed by atoms with Gasteiger partial charge in [-0.05, 0) is 43.7 Å². The monoisotopic (exact) mass is 490 g/mol. The predicted octanol–water partition coefficient (Wildman–Crippen LogP) is 2.53. The highest BCUT2D eigenvalue weighted by Gasteiger charge is 2.42. The van der Waals surface area contributed by atoms with Crippen LogP contribution < -0.4 is 10.6 Å². The Kier molecular flexibility index (Phi) is 7.45. The second-order valence-electron chi connectivity index (χ2n) is 8.73. The van der Waals surface area contributed by atoms with Crippen molar-refractivity contribution >= 4 is 38.4 Å². The normalized spacial score (nSPS) is 21.3. The quantitative estimate of drug-likeness (QED) is 0.557. The first-order valence-electron chi connectivity index (χ1n) is 11.1. The maximum atomic E-state index is 12.4. The number of aliphatic imine (C=N–C) groups is 1. The van der Waals surface area contributed by atoms with Crippen molar-refractivity contribution < 1.29 is 17.6 Å². The van der Waals surface area contributed by atoms with Crippen LogP contribution in [0.15, 0.2) is 52.1 Å². The number of nitrogens with zero attached hydrogens (tertiary/aromatic N) is 2. The number of amides is 1. The van der Waals surface area contributed by atoms with Crippen LogP contribution in [0.25, 0.3) is 0 Å². The van der Waals surface area contributed by atoms with Crippen LogP contribution in [0.2, 0.25) is 0 Å². The molecule has 2 N–H and O–H groups in total. The van der Waals surface area contributed by atoms with Gasteiger partial charge in [-0.25, -0.2) is 8.42 Å². The number of anilines is 1. The van der Waals surface area contributed by atoms with Gasteiger partial charge in [0.15, 0.2) is 15.0 Å². The molecule has 1 saturated heterocycles. The third-order valence-corrected chi connectivity index (χ3v) is 8.92. The van der Waals surface area contributed by atoms with E-state index in [1.165, 1.54) is 11.8 Å². The van der Waals surface area contributed by atoms with Gasteiger partial charge in [0.25, 0.3) is 0 Å². The summed E-state index contributed by atoms with van der Waals surface area (Å²) in [5, 5.41) is 7.04. The van der Waals surface area contributed by atoms with Gasteiger partial charge in [-0.2, -0.15) is 0 Å². The highest BCUT2D eigenvalue weighted by molar-refractivity contribution is 8.15. The molecule has 0 unspecified atom stereocenters. The molecule has 1 aromatic heterocycles. The molecule has 0 bridgehead atoms. The first kappa shape index (κ1) is 23.8. The fourth-order valence-corrected chi connectivity index (χ4v) is 7.63. The summed E-state index contributed by atoms with van der Waals surface area (Å²) < 4.78 is 28.8. The topological polar surface area (TPSA) is 104 Å². The molecule has 2 aliphatic rings. The van der Waals surface area contributed by atoms with E-state index >= 15 is 0 Å². The predicted molar refractivity (Wildman–Crippen MR) is 132 cm³/mol. The van der Waals surface area contributed by atoms with Gasteiger partial charge in [-0.1, -0.05) is 23.9 Å². The first-order valence-corrected chi connectivity index (χ1v) is 13.8. The van der Waals surface area contributed by atoms with Crippen LogP contribution >= 0.6 is 11.8 Å². The second-order valence-corrected chi connectivity index (χ2v) is 12.1. The molecule has 4 rings (SSSR count). The number of amidine groups is 1. The zero-order valence-corrected chi connectivity index (χ0v) is 20.5. The maximum Gasteiger partial charge on any atom is 0.224 e. The van der Waals surface area contributed by atoms with Gasteiger partial charge in [-0.15, -0.1) is 0 Å². The Balaban J connectivity index is 1.21. The molecule has 3 heterocycles. The SMILES string of the molecule is CC(C)N(CCNC(=O)Cc1ccc(NC2=N[C@@H]3CS(=O)(=O)C[C@@H]3S2)cc1)Cc1ccco1. The van der Waals surface area contributed by atoms with E-state index in [1.807, 2.05) is 36.4 Å². The summed E-state index contributed by atoms with van der Waals surface area (Å²) in [5.41, 5.74) is 1.80. The number of hydrogen-bond donors (Lipinski definition) is 2. The molecule has 1 amide bonds. The van der Waals surface area contributed by atoms with E-state index in [0.29, 0.717) is 19.0 Å². The Labute approximate surface area is 199 Å². The summed E-state index contributed by atoms with van der Waals surface area (Å²) in [6.45, 7) is 6.30. The molecular formula is C23H30N4O4S2. The molecule has 8 nitrogen and oxygen atoms in total. The zero-order chi connectivity index (χ0) is 23.4. The van der Waals surface area contributed by atoms with Gasteiger partial charge in [-0.3, -0.25) is 14.7 Å². The number of thioether (sulfide) groups is 1. The van der Waals surface area contributed by atoms with Gasteiger partial charge < -0.3 is 15.1 Å². The van der Waals surface area contributed by atoms with Crippen molar-refractivity contribution in [3.05, 3.63) is 54.0 Å². The minimum Gasteiger partial charge on any atom is -0.468 e. The van der Waals surface area contributed by atoms with Gasteiger partial charge in [0.2, 0.25) is 5.91 Å². The largest absolute Gasteiger partial charge is 0.468 e. The smallest absolute Gasteiger partial charge is 0.224 e. The lowest BCUT2D eigenvalue weighted by Crippen LogP contribution is -2.38. The molecule has 0 radical (unpaired) electrons. The molecule has 0 saturated carbocycles. The van der Waals surface area contributed by atoms with E-state index in [2.05, 4.69) is 34.4 Å². The Bertz CT molecular complexity index is 1080. The van der Waals surface area contributed by atoms with Gasteiger partial charge in [0.05, 0.1) is 36.8 Å². The van der Waals surface area contributed by atoms with E-state index in [4.69, 9.17) is 4.42 Å². The summed E-state index contributed by atoms with van der Waals surface area (Å²) in [7, 11) is -2.95. The number of carbonyl (C=O) groups excluding carboxylic acids is 1. The van der Waals surface area contributed by atoms with Crippen molar-refractivity contribution in [2.24, 2.45) is 4.99 Å². The third kappa shape index (κ3) is 6.61. The number of furan rings is 1. The van der Waals surface area contributed by atoms with Gasteiger partial charge >= 0.3 is 0 Å². The first-order chi connectivity index (χ1) is 15.8. The van der Waals surface area contributed by atoms with Crippen LogP contribution in [0.3, 0.4) is 0 Å². The average molecular weight is 491 g/mol. The van der Waals surface area contributed by atoms with E-state index in [1.54, 1.807) is 6.26 Å². The van der Waals surface area contributed by atoms with E-state index in [9.17, 15) is 13.2 Å².